The molecule has 1 N–H and O–H groups in total. The molecule has 27 heavy (non-hydrogen) atoms. The highest BCUT2D eigenvalue weighted by Gasteiger charge is 2.15. The van der Waals surface area contributed by atoms with Gasteiger partial charge in [-0.2, -0.15) is 0 Å². The minimum absolute atomic E-state index is 0.345. The minimum Gasteiger partial charge on any atom is -0.477 e. The van der Waals surface area contributed by atoms with Crippen LogP contribution in [-0.4, -0.2) is 24.2 Å². The molecule has 0 aliphatic carbocycles. The first kappa shape index (κ1) is 18.3. The third-order valence-corrected chi connectivity index (χ3v) is 4.30. The molecule has 0 amide bonds. The predicted octanol–water partition coefficient (Wildman–Crippen LogP) is 3.74. The van der Waals surface area contributed by atoms with Crippen molar-refractivity contribution in [3.05, 3.63) is 75.6 Å². The summed E-state index contributed by atoms with van der Waals surface area (Å²) >= 11 is 0. The van der Waals surface area contributed by atoms with Crippen molar-refractivity contribution in [2.75, 3.05) is 18.0 Å². The van der Waals surface area contributed by atoms with Crippen LogP contribution in [0.3, 0.4) is 0 Å². The minimum atomic E-state index is -1.31. The molecule has 3 rings (SSSR count). The van der Waals surface area contributed by atoms with Gasteiger partial charge in [0.1, 0.15) is 11.1 Å². The number of fused-ring (bicyclic) bond motifs is 1. The zero-order valence-corrected chi connectivity index (χ0v) is 15.2. The lowest BCUT2D eigenvalue weighted by Crippen LogP contribution is -2.23. The second-order valence-electron chi connectivity index (χ2n) is 5.95. The van der Waals surface area contributed by atoms with Crippen LogP contribution in [-0.2, 0) is 0 Å². The Morgan fingerprint density at radius 3 is 2.41 bits per heavy atom. The van der Waals surface area contributed by atoms with E-state index in [1.54, 1.807) is 12.1 Å². The molecule has 0 aliphatic rings. The Bertz CT molecular complexity index is 1100. The number of carboxylic acids is 1. The summed E-state index contributed by atoms with van der Waals surface area (Å²) in [6.45, 7) is 5.59. The molecule has 0 unspecified atom stereocenters. The number of aromatic carboxylic acids is 1. The Balaban J connectivity index is 2.23. The van der Waals surface area contributed by atoms with E-state index in [4.69, 9.17) is 9.52 Å². The van der Waals surface area contributed by atoms with Gasteiger partial charge in [0.25, 0.3) is 0 Å². The molecule has 0 aliphatic heterocycles. The molecule has 0 radical (unpaired) electrons. The van der Waals surface area contributed by atoms with Crippen LogP contribution in [0.15, 0.2) is 57.7 Å². The molecule has 1 aromatic heterocycles. The van der Waals surface area contributed by atoms with Gasteiger partial charge in [-0.15, -0.1) is 0 Å². The van der Waals surface area contributed by atoms with Crippen LogP contribution < -0.4 is 10.5 Å². The Hall–Kier alpha value is -3.52. The Labute approximate surface area is 156 Å². The van der Waals surface area contributed by atoms with Crippen molar-refractivity contribution in [3.8, 4) is 11.8 Å². The third kappa shape index (κ3) is 3.85. The lowest BCUT2D eigenvalue weighted by molar-refractivity contribution is 0.0692. The number of carbonyl (C=O) groups is 1. The second kappa shape index (κ2) is 7.79. The summed E-state index contributed by atoms with van der Waals surface area (Å²) in [5.41, 5.74) is 1.58. The second-order valence-corrected chi connectivity index (χ2v) is 5.95. The van der Waals surface area contributed by atoms with Gasteiger partial charge < -0.3 is 14.4 Å². The predicted molar refractivity (Wildman–Crippen MR) is 105 cm³/mol. The number of nitrogens with zero attached hydrogens (tertiary/aromatic N) is 1. The zero-order valence-electron chi connectivity index (χ0n) is 15.2. The molecule has 3 aromatic rings. The van der Waals surface area contributed by atoms with E-state index in [1.165, 1.54) is 6.07 Å². The molecular formula is C22H19NO4. The molecule has 0 atom stereocenters. The molecule has 1 heterocycles. The maximum Gasteiger partial charge on any atom is 0.351 e. The van der Waals surface area contributed by atoms with Crippen molar-refractivity contribution in [3.63, 3.8) is 0 Å². The Kier molecular flexibility index (Phi) is 5.28. The van der Waals surface area contributed by atoms with E-state index in [2.05, 4.69) is 16.7 Å². The van der Waals surface area contributed by atoms with Crippen molar-refractivity contribution < 1.29 is 14.3 Å². The van der Waals surface area contributed by atoms with E-state index in [0.717, 1.165) is 29.9 Å². The van der Waals surface area contributed by atoms with Crippen LogP contribution in [0.4, 0.5) is 5.69 Å². The summed E-state index contributed by atoms with van der Waals surface area (Å²) in [4.78, 5) is 25.2. The molecule has 0 saturated carbocycles. The number of anilines is 1. The molecule has 0 saturated heterocycles. The van der Waals surface area contributed by atoms with Crippen LogP contribution in [0.2, 0.25) is 0 Å². The molecule has 2 aromatic carbocycles. The van der Waals surface area contributed by atoms with Crippen molar-refractivity contribution in [2.24, 2.45) is 0 Å². The fourth-order valence-corrected chi connectivity index (χ4v) is 2.89. The largest absolute Gasteiger partial charge is 0.477 e. The average molecular weight is 361 g/mol. The lowest BCUT2D eigenvalue weighted by Gasteiger charge is -2.22. The van der Waals surface area contributed by atoms with Crippen LogP contribution in [0.25, 0.3) is 11.0 Å². The van der Waals surface area contributed by atoms with Crippen molar-refractivity contribution >= 4 is 22.6 Å². The molecule has 0 spiro atoms. The van der Waals surface area contributed by atoms with Gasteiger partial charge in [0.05, 0.1) is 5.69 Å². The van der Waals surface area contributed by atoms with Crippen LogP contribution in [0, 0.1) is 11.8 Å². The Morgan fingerprint density at radius 1 is 1.07 bits per heavy atom. The number of rotatable bonds is 4. The van der Waals surface area contributed by atoms with E-state index in [9.17, 15) is 9.59 Å². The molecule has 0 fully saturated rings. The first-order chi connectivity index (χ1) is 13.0. The van der Waals surface area contributed by atoms with Gasteiger partial charge in [-0.25, -0.2) is 9.59 Å². The van der Waals surface area contributed by atoms with E-state index in [-0.39, 0.29) is 5.56 Å². The standard InChI is InChI=1S/C22H19NO4/c1-3-23(4-2)19-14-20-17(13-18(21(24)25)22(26)27-20)12-16(19)11-10-15-8-6-5-7-9-15/h5-9,12-14H,3-4H2,1-2H3,(H,24,25). The van der Waals surface area contributed by atoms with Gasteiger partial charge in [-0.05, 0) is 38.1 Å². The highest BCUT2D eigenvalue weighted by molar-refractivity contribution is 5.93. The maximum absolute atomic E-state index is 11.9. The fraction of sp³-hybridized carbons (Fsp3) is 0.182. The smallest absolute Gasteiger partial charge is 0.351 e. The molecule has 0 bridgehead atoms. The van der Waals surface area contributed by atoms with Crippen LogP contribution in [0.1, 0.15) is 35.3 Å². The van der Waals surface area contributed by atoms with Gasteiger partial charge >= 0.3 is 11.6 Å². The molecule has 136 valence electrons. The van der Waals surface area contributed by atoms with Crippen LogP contribution in [0.5, 0.6) is 0 Å². The summed E-state index contributed by atoms with van der Waals surface area (Å²) in [5, 5.41) is 9.70. The quantitative estimate of drug-likeness (QED) is 0.566. The average Bonchev–Trinajstić information content (AvgIpc) is 2.67. The number of hydrogen-bond donors (Lipinski definition) is 1. The van der Waals surface area contributed by atoms with E-state index in [1.807, 2.05) is 44.2 Å². The SMILES string of the molecule is CCN(CC)c1cc2oc(=O)c(C(=O)O)cc2cc1C#Cc1ccccc1. The zero-order chi connectivity index (χ0) is 19.4. The summed E-state index contributed by atoms with van der Waals surface area (Å²) in [6.07, 6.45) is 0. The first-order valence-electron chi connectivity index (χ1n) is 8.70. The lowest BCUT2D eigenvalue weighted by atomic mass is 10.1. The number of carboxylic acid groups (broad SMARTS) is 1. The highest BCUT2D eigenvalue weighted by Crippen LogP contribution is 2.27. The summed E-state index contributed by atoms with van der Waals surface area (Å²) < 4.78 is 5.24. The van der Waals surface area contributed by atoms with E-state index < -0.39 is 11.6 Å². The maximum atomic E-state index is 11.9. The molecule has 5 nitrogen and oxygen atoms in total. The van der Waals surface area contributed by atoms with Crippen molar-refractivity contribution in [1.29, 1.82) is 0 Å². The topological polar surface area (TPSA) is 70.8 Å². The van der Waals surface area contributed by atoms with Gasteiger partial charge in [0, 0.05) is 35.7 Å². The van der Waals surface area contributed by atoms with E-state index >= 15 is 0 Å². The first-order valence-corrected chi connectivity index (χ1v) is 8.70. The fourth-order valence-electron chi connectivity index (χ4n) is 2.89. The van der Waals surface area contributed by atoms with Crippen LogP contribution >= 0.6 is 0 Å². The summed E-state index contributed by atoms with van der Waals surface area (Å²) in [7, 11) is 0. The van der Waals surface area contributed by atoms with Gasteiger partial charge in [-0.3, -0.25) is 0 Å². The van der Waals surface area contributed by atoms with E-state index in [0.29, 0.717) is 11.0 Å². The molecular weight excluding hydrogens is 342 g/mol. The Morgan fingerprint density at radius 2 is 1.78 bits per heavy atom. The normalized spacial score (nSPS) is 10.3. The highest BCUT2D eigenvalue weighted by atomic mass is 16.4. The number of benzene rings is 2. The van der Waals surface area contributed by atoms with Gasteiger partial charge in [0.2, 0.25) is 0 Å². The summed E-state index contributed by atoms with van der Waals surface area (Å²) in [5.74, 6) is 5.00. The third-order valence-electron chi connectivity index (χ3n) is 4.30. The summed E-state index contributed by atoms with van der Waals surface area (Å²) in [6, 6.07) is 14.5. The van der Waals surface area contributed by atoms with Crippen molar-refractivity contribution in [2.45, 2.75) is 13.8 Å². The number of hydrogen-bond acceptors (Lipinski definition) is 4. The van der Waals surface area contributed by atoms with Gasteiger partial charge in [0.15, 0.2) is 0 Å². The van der Waals surface area contributed by atoms with Crippen molar-refractivity contribution in [1.82, 2.24) is 0 Å². The molecule has 5 heteroatoms. The van der Waals surface area contributed by atoms with Gasteiger partial charge in [-0.1, -0.05) is 30.0 Å². The monoisotopic (exact) mass is 361 g/mol.